The smallest absolute Gasteiger partial charge is 0.123 e. The largest absolute Gasteiger partial charge is 0.384 e. The van der Waals surface area contributed by atoms with Crippen LogP contribution in [0.2, 0.25) is 0 Å². The van der Waals surface area contributed by atoms with E-state index in [4.69, 9.17) is 0 Å². The predicted octanol–water partition coefficient (Wildman–Crippen LogP) is 3.22. The van der Waals surface area contributed by atoms with E-state index in [1.54, 1.807) is 12.1 Å². The fourth-order valence-electron chi connectivity index (χ4n) is 1.55. The first kappa shape index (κ1) is 14.0. The van der Waals surface area contributed by atoms with Gasteiger partial charge in [-0.15, -0.1) is 0 Å². The Labute approximate surface area is 104 Å². The van der Waals surface area contributed by atoms with Crippen LogP contribution < -0.4 is 5.32 Å². The molecule has 1 aromatic carbocycles. The summed E-state index contributed by atoms with van der Waals surface area (Å²) in [6.07, 6.45) is 1.23. The van der Waals surface area contributed by atoms with E-state index in [1.165, 1.54) is 18.6 Å². The maximum Gasteiger partial charge on any atom is 0.123 e. The van der Waals surface area contributed by atoms with E-state index in [2.05, 4.69) is 31.1 Å². The van der Waals surface area contributed by atoms with Gasteiger partial charge in [0.1, 0.15) is 5.82 Å². The highest BCUT2D eigenvalue weighted by Crippen LogP contribution is 2.07. The van der Waals surface area contributed by atoms with E-state index in [1.807, 2.05) is 0 Å². The molecule has 0 saturated heterocycles. The lowest BCUT2D eigenvalue weighted by molar-refractivity contribution is 0.321. The number of likely N-dealkylation sites (N-methyl/N-ethyl adjacent to an activating group) is 1. The second kappa shape index (κ2) is 7.28. The van der Waals surface area contributed by atoms with Crippen LogP contribution in [-0.4, -0.2) is 31.6 Å². The lowest BCUT2D eigenvalue weighted by Crippen LogP contribution is -2.26. The minimum absolute atomic E-state index is 0.190. The maximum atomic E-state index is 12.7. The zero-order valence-corrected chi connectivity index (χ0v) is 11.0. The van der Waals surface area contributed by atoms with Gasteiger partial charge in [0.2, 0.25) is 0 Å². The zero-order valence-electron chi connectivity index (χ0n) is 11.0. The standard InChI is InChI=1S/C14H23FN2/c1-12(2)8-10-17(3)11-9-16-14-6-4-13(15)5-7-14/h4-7,12,16H,8-11H2,1-3H3. The van der Waals surface area contributed by atoms with E-state index in [0.29, 0.717) is 0 Å². The third-order valence-corrected chi connectivity index (χ3v) is 2.76. The highest BCUT2D eigenvalue weighted by atomic mass is 19.1. The molecule has 0 aliphatic rings. The molecule has 3 heteroatoms. The zero-order chi connectivity index (χ0) is 12.7. The van der Waals surface area contributed by atoms with Crippen LogP contribution in [0.5, 0.6) is 0 Å². The third-order valence-electron chi connectivity index (χ3n) is 2.76. The lowest BCUT2D eigenvalue weighted by Gasteiger charge is -2.18. The summed E-state index contributed by atoms with van der Waals surface area (Å²) in [6, 6.07) is 6.49. The first-order chi connectivity index (χ1) is 8.08. The molecule has 0 aromatic heterocycles. The van der Waals surface area contributed by atoms with Gasteiger partial charge in [0, 0.05) is 18.8 Å². The minimum Gasteiger partial charge on any atom is -0.384 e. The molecule has 0 radical (unpaired) electrons. The molecule has 0 atom stereocenters. The van der Waals surface area contributed by atoms with E-state index in [-0.39, 0.29) is 5.82 Å². The summed E-state index contributed by atoms with van der Waals surface area (Å²) in [5, 5.41) is 3.28. The molecule has 1 N–H and O–H groups in total. The van der Waals surface area contributed by atoms with Crippen LogP contribution in [0.3, 0.4) is 0 Å². The topological polar surface area (TPSA) is 15.3 Å². The van der Waals surface area contributed by atoms with Crippen molar-refractivity contribution in [2.75, 3.05) is 32.0 Å². The summed E-state index contributed by atoms with van der Waals surface area (Å²) < 4.78 is 12.7. The van der Waals surface area contributed by atoms with Crippen molar-refractivity contribution in [3.8, 4) is 0 Å². The molecule has 0 aliphatic carbocycles. The van der Waals surface area contributed by atoms with Crippen molar-refractivity contribution >= 4 is 5.69 Å². The van der Waals surface area contributed by atoms with Crippen molar-refractivity contribution in [3.05, 3.63) is 30.1 Å². The third kappa shape index (κ3) is 6.27. The number of hydrogen-bond acceptors (Lipinski definition) is 2. The molecule has 0 saturated carbocycles. The van der Waals surface area contributed by atoms with Crippen LogP contribution in [0.25, 0.3) is 0 Å². The van der Waals surface area contributed by atoms with Gasteiger partial charge in [-0.3, -0.25) is 0 Å². The molecule has 0 amide bonds. The van der Waals surface area contributed by atoms with Gasteiger partial charge in [-0.05, 0) is 50.2 Å². The van der Waals surface area contributed by atoms with Gasteiger partial charge >= 0.3 is 0 Å². The normalized spacial score (nSPS) is 11.2. The molecule has 96 valence electrons. The van der Waals surface area contributed by atoms with Crippen LogP contribution in [-0.2, 0) is 0 Å². The number of nitrogens with zero attached hydrogens (tertiary/aromatic N) is 1. The molecule has 0 unspecified atom stereocenters. The second-order valence-corrected chi connectivity index (χ2v) is 4.92. The van der Waals surface area contributed by atoms with Gasteiger partial charge in [-0.25, -0.2) is 4.39 Å². The second-order valence-electron chi connectivity index (χ2n) is 4.92. The van der Waals surface area contributed by atoms with Gasteiger partial charge in [-0.1, -0.05) is 13.8 Å². The average Bonchev–Trinajstić information content (AvgIpc) is 2.29. The summed E-state index contributed by atoms with van der Waals surface area (Å²) >= 11 is 0. The molecule has 1 rings (SSSR count). The van der Waals surface area contributed by atoms with Crippen LogP contribution in [0, 0.1) is 11.7 Å². The molecule has 0 bridgehead atoms. The number of anilines is 1. The summed E-state index contributed by atoms with van der Waals surface area (Å²) in [5.74, 6) is 0.562. The molecule has 0 fully saturated rings. The Morgan fingerprint density at radius 2 is 1.82 bits per heavy atom. The number of hydrogen-bond donors (Lipinski definition) is 1. The molecule has 2 nitrogen and oxygen atoms in total. The first-order valence-corrected chi connectivity index (χ1v) is 6.26. The Balaban J connectivity index is 2.16. The number of benzene rings is 1. The molecule has 0 aliphatic heterocycles. The highest BCUT2D eigenvalue weighted by Gasteiger charge is 2.00. The highest BCUT2D eigenvalue weighted by molar-refractivity contribution is 5.42. The van der Waals surface area contributed by atoms with E-state index >= 15 is 0 Å². The molecular weight excluding hydrogens is 215 g/mol. The molecule has 0 spiro atoms. The SMILES string of the molecule is CC(C)CCN(C)CCNc1ccc(F)cc1. The average molecular weight is 238 g/mol. The Kier molecular flexibility index (Phi) is 5.98. The fraction of sp³-hybridized carbons (Fsp3) is 0.571. The van der Waals surface area contributed by atoms with Crippen LogP contribution in [0.15, 0.2) is 24.3 Å². The lowest BCUT2D eigenvalue weighted by atomic mass is 10.1. The fourth-order valence-corrected chi connectivity index (χ4v) is 1.55. The summed E-state index contributed by atoms with van der Waals surface area (Å²) in [5.41, 5.74) is 0.976. The minimum atomic E-state index is -0.190. The molecular formula is C14H23FN2. The van der Waals surface area contributed by atoms with Crippen molar-refractivity contribution in [2.45, 2.75) is 20.3 Å². The predicted molar refractivity (Wildman–Crippen MR) is 71.8 cm³/mol. The quantitative estimate of drug-likeness (QED) is 0.784. The van der Waals surface area contributed by atoms with Gasteiger partial charge in [0.15, 0.2) is 0 Å². The van der Waals surface area contributed by atoms with Crippen molar-refractivity contribution in [1.29, 1.82) is 0 Å². The summed E-state index contributed by atoms with van der Waals surface area (Å²) in [7, 11) is 2.13. The van der Waals surface area contributed by atoms with Gasteiger partial charge in [0.05, 0.1) is 0 Å². The first-order valence-electron chi connectivity index (χ1n) is 6.26. The molecule has 17 heavy (non-hydrogen) atoms. The van der Waals surface area contributed by atoms with Crippen molar-refractivity contribution in [2.24, 2.45) is 5.92 Å². The van der Waals surface area contributed by atoms with Gasteiger partial charge in [0.25, 0.3) is 0 Å². The van der Waals surface area contributed by atoms with E-state index < -0.39 is 0 Å². The Morgan fingerprint density at radius 1 is 1.18 bits per heavy atom. The summed E-state index contributed by atoms with van der Waals surface area (Å²) in [4.78, 5) is 2.32. The van der Waals surface area contributed by atoms with Crippen LogP contribution >= 0.6 is 0 Å². The Hall–Kier alpha value is -1.09. The van der Waals surface area contributed by atoms with Gasteiger partial charge < -0.3 is 10.2 Å². The number of rotatable bonds is 7. The Morgan fingerprint density at radius 3 is 2.41 bits per heavy atom. The van der Waals surface area contributed by atoms with Crippen molar-refractivity contribution < 1.29 is 4.39 Å². The summed E-state index contributed by atoms with van der Waals surface area (Å²) in [6.45, 7) is 7.50. The van der Waals surface area contributed by atoms with Crippen molar-refractivity contribution in [1.82, 2.24) is 4.90 Å². The monoisotopic (exact) mass is 238 g/mol. The number of halogens is 1. The van der Waals surface area contributed by atoms with E-state index in [0.717, 1.165) is 31.2 Å². The number of nitrogens with one attached hydrogen (secondary N) is 1. The van der Waals surface area contributed by atoms with Crippen molar-refractivity contribution in [3.63, 3.8) is 0 Å². The van der Waals surface area contributed by atoms with E-state index in [9.17, 15) is 4.39 Å². The molecule has 1 aromatic rings. The molecule has 0 heterocycles. The van der Waals surface area contributed by atoms with Crippen LogP contribution in [0.4, 0.5) is 10.1 Å². The maximum absolute atomic E-state index is 12.7. The van der Waals surface area contributed by atoms with Crippen LogP contribution in [0.1, 0.15) is 20.3 Å². The van der Waals surface area contributed by atoms with Gasteiger partial charge in [-0.2, -0.15) is 0 Å². The Bertz CT molecular complexity index is 309.